The van der Waals surface area contributed by atoms with Gasteiger partial charge >= 0.3 is 219 Å². The Labute approximate surface area is 218 Å². The van der Waals surface area contributed by atoms with Gasteiger partial charge in [0.05, 0.1) is 0 Å². The van der Waals surface area contributed by atoms with Crippen molar-refractivity contribution in [2.24, 2.45) is 0 Å². The molecule has 0 saturated heterocycles. The standard InChI is InChI=1S/C32H27O3PS/c1-2-27-17-15-16-26-32(27)37(33,34)35-36(28-18-7-3-8-19-28,29-20-9-4-10-21-29,30-22-11-5-12-23-30)31-24-13-6-14-25-31/h2-26H,1H2. The Bertz CT molecular complexity index is 1450. The molecule has 0 saturated carbocycles. The van der Waals surface area contributed by atoms with Gasteiger partial charge in [-0.25, -0.2) is 0 Å². The van der Waals surface area contributed by atoms with Crippen LogP contribution in [-0.4, -0.2) is 8.42 Å². The Morgan fingerprint density at radius 2 is 0.838 bits per heavy atom. The monoisotopic (exact) mass is 522 g/mol. The van der Waals surface area contributed by atoms with Gasteiger partial charge in [-0.05, 0) is 0 Å². The molecule has 0 fully saturated rings. The van der Waals surface area contributed by atoms with Crippen molar-refractivity contribution < 1.29 is 12.4 Å². The molecule has 0 spiro atoms. The van der Waals surface area contributed by atoms with E-state index in [2.05, 4.69) is 6.58 Å². The molecule has 0 unspecified atom stereocenters. The molecule has 184 valence electrons. The van der Waals surface area contributed by atoms with Crippen molar-refractivity contribution in [3.8, 4) is 0 Å². The van der Waals surface area contributed by atoms with E-state index in [1.165, 1.54) is 0 Å². The second-order valence-electron chi connectivity index (χ2n) is 8.65. The van der Waals surface area contributed by atoms with Crippen LogP contribution in [0.25, 0.3) is 6.08 Å². The van der Waals surface area contributed by atoms with Crippen LogP contribution in [0.15, 0.2) is 157 Å². The van der Waals surface area contributed by atoms with E-state index in [1.54, 1.807) is 30.3 Å². The molecule has 0 heterocycles. The van der Waals surface area contributed by atoms with Crippen LogP contribution in [-0.2, 0) is 14.1 Å². The van der Waals surface area contributed by atoms with Gasteiger partial charge in [-0.1, -0.05) is 0 Å². The van der Waals surface area contributed by atoms with Crippen LogP contribution in [0.5, 0.6) is 0 Å². The van der Waals surface area contributed by atoms with Gasteiger partial charge in [0.15, 0.2) is 0 Å². The predicted octanol–water partition coefficient (Wildman–Crippen LogP) is 5.81. The van der Waals surface area contributed by atoms with Crippen LogP contribution in [0, 0.1) is 0 Å². The molecule has 3 nitrogen and oxygen atoms in total. The first-order chi connectivity index (χ1) is 18.0. The zero-order valence-electron chi connectivity index (χ0n) is 20.2. The Balaban J connectivity index is 2.03. The SMILES string of the molecule is C=Cc1ccccc1S(=O)(=O)OP(c1ccccc1)(c1ccccc1)(c1ccccc1)c1ccccc1. The Morgan fingerprint density at radius 1 is 0.514 bits per heavy atom. The molecule has 0 N–H and O–H groups in total. The Kier molecular flexibility index (Phi) is 6.66. The first kappa shape index (κ1) is 24.9. The zero-order valence-corrected chi connectivity index (χ0v) is 21.9. The van der Waals surface area contributed by atoms with E-state index >= 15 is 0 Å². The van der Waals surface area contributed by atoms with Crippen molar-refractivity contribution in [2.75, 3.05) is 0 Å². The summed E-state index contributed by atoms with van der Waals surface area (Å²) in [5, 5.41) is 3.15. The van der Waals surface area contributed by atoms with Gasteiger partial charge in [0.1, 0.15) is 0 Å². The molecule has 5 rings (SSSR count). The third-order valence-corrected chi connectivity index (χ3v) is 14.7. The van der Waals surface area contributed by atoms with Gasteiger partial charge in [-0.2, -0.15) is 0 Å². The van der Waals surface area contributed by atoms with Crippen LogP contribution in [0.4, 0.5) is 0 Å². The van der Waals surface area contributed by atoms with E-state index in [1.807, 2.05) is 121 Å². The summed E-state index contributed by atoms with van der Waals surface area (Å²) in [5.41, 5.74) is 0.487. The van der Waals surface area contributed by atoms with E-state index in [4.69, 9.17) is 3.97 Å². The van der Waals surface area contributed by atoms with Crippen LogP contribution < -0.4 is 21.2 Å². The molecule has 0 bridgehead atoms. The molecule has 0 amide bonds. The topological polar surface area (TPSA) is 43.4 Å². The molecule has 0 atom stereocenters. The Morgan fingerprint density at radius 3 is 1.19 bits per heavy atom. The normalized spacial score (nSPS) is 12.8. The minimum atomic E-state index is -4.36. The molecule has 0 aliphatic carbocycles. The maximum atomic E-state index is 14.5. The van der Waals surface area contributed by atoms with Gasteiger partial charge in [0.2, 0.25) is 0 Å². The third kappa shape index (κ3) is 3.95. The van der Waals surface area contributed by atoms with Gasteiger partial charge in [0, 0.05) is 0 Å². The third-order valence-electron chi connectivity index (χ3n) is 6.65. The summed E-state index contributed by atoms with van der Waals surface area (Å²) in [6.45, 7) is -0.521. The van der Waals surface area contributed by atoms with E-state index < -0.39 is 16.9 Å². The van der Waals surface area contributed by atoms with Crippen LogP contribution >= 0.6 is 6.83 Å². The number of hydrogen-bond acceptors (Lipinski definition) is 3. The first-order valence-electron chi connectivity index (χ1n) is 11.9. The molecule has 37 heavy (non-hydrogen) atoms. The van der Waals surface area contributed by atoms with E-state index in [9.17, 15) is 8.42 Å². The van der Waals surface area contributed by atoms with Crippen LogP contribution in [0.1, 0.15) is 5.56 Å². The van der Waals surface area contributed by atoms with E-state index in [-0.39, 0.29) is 4.90 Å². The van der Waals surface area contributed by atoms with Crippen molar-refractivity contribution in [3.63, 3.8) is 0 Å². The fraction of sp³-hybridized carbons (Fsp3) is 0. The molecule has 0 aliphatic rings. The summed E-state index contributed by atoms with van der Waals surface area (Å²) >= 11 is 0. The van der Waals surface area contributed by atoms with Crippen molar-refractivity contribution in [1.82, 2.24) is 0 Å². The molecular weight excluding hydrogens is 495 g/mol. The maximum absolute atomic E-state index is 14.5. The number of benzene rings is 5. The minimum absolute atomic E-state index is 0.0812. The van der Waals surface area contributed by atoms with E-state index in [0.717, 1.165) is 21.2 Å². The van der Waals surface area contributed by atoms with Gasteiger partial charge < -0.3 is 0 Å². The summed E-state index contributed by atoms with van der Waals surface area (Å²) in [4.78, 5) is 0.0812. The van der Waals surface area contributed by atoms with E-state index in [0.29, 0.717) is 5.56 Å². The zero-order chi connectivity index (χ0) is 25.8. The summed E-state index contributed by atoms with van der Waals surface area (Å²) in [7, 11) is -4.32. The van der Waals surface area contributed by atoms with Crippen molar-refractivity contribution in [3.05, 3.63) is 158 Å². The fourth-order valence-corrected chi connectivity index (χ4v) is 13.7. The molecule has 0 aromatic heterocycles. The second-order valence-corrected chi connectivity index (χ2v) is 14.7. The summed E-state index contributed by atoms with van der Waals surface area (Å²) < 4.78 is 35.9. The van der Waals surface area contributed by atoms with Crippen molar-refractivity contribution >= 4 is 44.2 Å². The molecule has 0 radical (unpaired) electrons. The average molecular weight is 523 g/mol. The first-order valence-corrected chi connectivity index (χ1v) is 15.5. The van der Waals surface area contributed by atoms with Gasteiger partial charge in [-0.15, -0.1) is 0 Å². The van der Waals surface area contributed by atoms with Crippen LogP contribution in [0.2, 0.25) is 0 Å². The van der Waals surface area contributed by atoms with Crippen molar-refractivity contribution in [1.29, 1.82) is 0 Å². The Hall–Kier alpha value is -3.82. The molecule has 5 aromatic rings. The van der Waals surface area contributed by atoms with Crippen molar-refractivity contribution in [2.45, 2.75) is 4.90 Å². The second kappa shape index (κ2) is 9.91. The molecule has 0 aliphatic heterocycles. The number of hydrogen-bond donors (Lipinski definition) is 0. The summed E-state index contributed by atoms with van der Waals surface area (Å²) in [6.07, 6.45) is 1.54. The molecule has 5 heteroatoms. The molecular formula is C32H27O3PS. The predicted molar refractivity (Wildman–Crippen MR) is 156 cm³/mol. The average Bonchev–Trinajstić information content (AvgIpc) is 2.98. The fourth-order valence-electron chi connectivity index (χ4n) is 5.03. The summed E-state index contributed by atoms with van der Waals surface area (Å²) in [5.74, 6) is 0. The van der Waals surface area contributed by atoms with Crippen LogP contribution in [0.3, 0.4) is 0 Å². The quantitative estimate of drug-likeness (QED) is 0.242. The van der Waals surface area contributed by atoms with Gasteiger partial charge in [0.25, 0.3) is 0 Å². The molecule has 5 aromatic carbocycles. The van der Waals surface area contributed by atoms with Gasteiger partial charge in [-0.3, -0.25) is 0 Å². The number of rotatable bonds is 8. The summed E-state index contributed by atoms with van der Waals surface area (Å²) in [6, 6.07) is 45.7.